The van der Waals surface area contributed by atoms with Crippen molar-refractivity contribution in [2.45, 2.75) is 24.7 Å². The van der Waals surface area contributed by atoms with E-state index in [2.05, 4.69) is 15.0 Å². The molecular formula is C26H23ClFN4NaO3S. The normalized spacial score (nSPS) is 11.0. The Morgan fingerprint density at radius 2 is 1.73 bits per heavy atom. The van der Waals surface area contributed by atoms with E-state index < -0.39 is 16.1 Å². The molecule has 1 N–H and O–H groups in total. The summed E-state index contributed by atoms with van der Waals surface area (Å²) in [6.07, 6.45) is 3.12. The average Bonchev–Trinajstić information content (AvgIpc) is 3.29. The van der Waals surface area contributed by atoms with E-state index >= 15 is 0 Å². The number of amides is 2. The first-order valence-corrected chi connectivity index (χ1v) is 13.0. The fourth-order valence-corrected chi connectivity index (χ4v) is 5.01. The summed E-state index contributed by atoms with van der Waals surface area (Å²) in [5.74, 6) is 0.576. The van der Waals surface area contributed by atoms with Gasteiger partial charge in [0.2, 0.25) is 10.0 Å². The van der Waals surface area contributed by atoms with Crippen molar-refractivity contribution in [1.82, 2.24) is 14.9 Å². The largest absolute Gasteiger partial charge is 1.00 e. The van der Waals surface area contributed by atoms with Crippen molar-refractivity contribution in [2.75, 3.05) is 6.54 Å². The van der Waals surface area contributed by atoms with E-state index in [4.69, 9.17) is 11.6 Å². The molecule has 0 aliphatic heterocycles. The molecule has 4 rings (SSSR count). The Labute approximate surface area is 242 Å². The zero-order chi connectivity index (χ0) is 25.7. The van der Waals surface area contributed by atoms with Gasteiger partial charge in [0.25, 0.3) is 0 Å². The van der Waals surface area contributed by atoms with E-state index in [1.54, 1.807) is 18.2 Å². The third kappa shape index (κ3) is 7.21. The first-order chi connectivity index (χ1) is 17.3. The Hall–Kier alpha value is -2.69. The Bertz CT molecular complexity index is 1480. The van der Waals surface area contributed by atoms with Gasteiger partial charge in [-0.2, -0.15) is 0 Å². The second kappa shape index (κ2) is 12.7. The predicted molar refractivity (Wildman–Crippen MR) is 137 cm³/mol. The fourth-order valence-electron chi connectivity index (χ4n) is 3.63. The van der Waals surface area contributed by atoms with Gasteiger partial charge in [-0.3, -0.25) is 4.79 Å². The first-order valence-electron chi connectivity index (χ1n) is 11.2. The topological polar surface area (TPSA) is 95.2 Å². The molecule has 0 fully saturated rings. The molecule has 0 saturated carbocycles. The Kier molecular flexibility index (Phi) is 9.92. The van der Waals surface area contributed by atoms with Crippen LogP contribution in [-0.4, -0.2) is 30.5 Å². The van der Waals surface area contributed by atoms with Crippen molar-refractivity contribution >= 4 is 27.7 Å². The van der Waals surface area contributed by atoms with Crippen LogP contribution in [-0.2, 0) is 22.9 Å². The molecule has 3 aromatic carbocycles. The van der Waals surface area contributed by atoms with Gasteiger partial charge in [-0.1, -0.05) is 42.8 Å². The van der Waals surface area contributed by atoms with Gasteiger partial charge >= 0.3 is 29.6 Å². The SMILES string of the molecule is CCc1nc(-c2ccc(F)cc2)cn1-c1ccc(CCNC(=O)[N-]S(=O)(=O)c2ccccc2Cl)cc1.[Na+]. The van der Waals surface area contributed by atoms with Crippen LogP contribution in [0.25, 0.3) is 21.7 Å². The van der Waals surface area contributed by atoms with E-state index in [0.717, 1.165) is 34.8 Å². The number of benzene rings is 3. The van der Waals surface area contributed by atoms with Crippen LogP contribution >= 0.6 is 11.6 Å². The van der Waals surface area contributed by atoms with Crippen molar-refractivity contribution in [2.24, 2.45) is 0 Å². The predicted octanol–water partition coefficient (Wildman–Crippen LogP) is 2.91. The van der Waals surface area contributed by atoms with Crippen LogP contribution in [0.15, 0.2) is 83.9 Å². The number of carbonyl (C=O) groups excluding carboxylic acids is 1. The molecule has 1 heterocycles. The number of hydrogen-bond acceptors (Lipinski definition) is 4. The monoisotopic (exact) mass is 548 g/mol. The summed E-state index contributed by atoms with van der Waals surface area (Å²) >= 11 is 5.90. The molecule has 0 aliphatic rings. The number of nitrogens with one attached hydrogen (secondary N) is 1. The van der Waals surface area contributed by atoms with E-state index in [9.17, 15) is 17.6 Å². The molecule has 4 aromatic rings. The van der Waals surface area contributed by atoms with Crippen LogP contribution in [0, 0.1) is 5.82 Å². The van der Waals surface area contributed by atoms with Crippen LogP contribution < -0.4 is 34.9 Å². The van der Waals surface area contributed by atoms with E-state index in [1.165, 1.54) is 30.3 Å². The van der Waals surface area contributed by atoms with Gasteiger partial charge in [0.1, 0.15) is 11.6 Å². The first kappa shape index (κ1) is 28.9. The minimum atomic E-state index is -4.19. The fraction of sp³-hybridized carbons (Fsp3) is 0.154. The molecule has 0 bridgehead atoms. The van der Waals surface area contributed by atoms with Crippen molar-refractivity contribution < 1.29 is 47.2 Å². The molecule has 0 aliphatic carbocycles. The molecule has 0 unspecified atom stereocenters. The van der Waals surface area contributed by atoms with Gasteiger partial charge in [0.15, 0.2) is 6.03 Å². The number of aryl methyl sites for hydroxylation is 1. The second-order valence-electron chi connectivity index (χ2n) is 7.92. The number of nitrogens with zero attached hydrogens (tertiary/aromatic N) is 3. The Morgan fingerprint density at radius 3 is 2.38 bits per heavy atom. The molecule has 11 heteroatoms. The summed E-state index contributed by atoms with van der Waals surface area (Å²) in [5, 5.41) is 2.50. The van der Waals surface area contributed by atoms with Crippen LogP contribution in [0.4, 0.5) is 9.18 Å². The summed E-state index contributed by atoms with van der Waals surface area (Å²) in [5.41, 5.74) is 3.46. The molecule has 1 aromatic heterocycles. The molecule has 0 radical (unpaired) electrons. The number of urea groups is 1. The smallest absolute Gasteiger partial charge is 0.448 e. The molecule has 37 heavy (non-hydrogen) atoms. The Balaban J connectivity index is 0.00000380. The summed E-state index contributed by atoms with van der Waals surface area (Å²) in [4.78, 5) is 16.5. The molecule has 0 atom stereocenters. The van der Waals surface area contributed by atoms with Crippen LogP contribution in [0.3, 0.4) is 0 Å². The summed E-state index contributed by atoms with van der Waals surface area (Å²) in [6.45, 7) is 2.22. The van der Waals surface area contributed by atoms with Gasteiger partial charge in [0.05, 0.1) is 15.6 Å². The van der Waals surface area contributed by atoms with E-state index in [0.29, 0.717) is 6.42 Å². The average molecular weight is 549 g/mol. The zero-order valence-corrected chi connectivity index (χ0v) is 23.9. The number of imidazole rings is 1. The van der Waals surface area contributed by atoms with Gasteiger partial charge in [-0.15, -0.1) is 0 Å². The number of aromatic nitrogens is 2. The van der Waals surface area contributed by atoms with E-state index in [-0.39, 0.29) is 51.8 Å². The van der Waals surface area contributed by atoms with Gasteiger partial charge in [-0.05, 0) is 67.1 Å². The molecule has 2 amide bonds. The van der Waals surface area contributed by atoms with Gasteiger partial charge in [-0.25, -0.2) is 17.8 Å². The number of sulfonamides is 1. The number of halogens is 2. The van der Waals surface area contributed by atoms with Crippen molar-refractivity contribution in [1.29, 1.82) is 0 Å². The number of hydrogen-bond donors (Lipinski definition) is 1. The third-order valence-corrected chi connectivity index (χ3v) is 7.22. The number of rotatable bonds is 8. The Morgan fingerprint density at radius 1 is 1.05 bits per heavy atom. The minimum absolute atomic E-state index is 0. The maximum absolute atomic E-state index is 13.3. The van der Waals surface area contributed by atoms with Crippen molar-refractivity contribution in [3.8, 4) is 16.9 Å². The van der Waals surface area contributed by atoms with Crippen LogP contribution in [0.2, 0.25) is 5.02 Å². The molecule has 7 nitrogen and oxygen atoms in total. The molecular weight excluding hydrogens is 526 g/mol. The minimum Gasteiger partial charge on any atom is -0.448 e. The summed E-state index contributed by atoms with van der Waals surface area (Å²) in [6, 6.07) is 18.8. The maximum atomic E-state index is 13.3. The molecule has 186 valence electrons. The third-order valence-electron chi connectivity index (χ3n) is 5.46. The molecule has 0 saturated heterocycles. The van der Waals surface area contributed by atoms with Crippen LogP contribution in [0.5, 0.6) is 0 Å². The van der Waals surface area contributed by atoms with E-state index in [1.807, 2.05) is 42.0 Å². The zero-order valence-electron chi connectivity index (χ0n) is 20.4. The standard InChI is InChI=1S/C26H24ClFN4O3S.Na/c1-2-25-30-23(19-9-11-20(28)12-10-19)17-32(25)21-13-7-18(8-14-21)15-16-29-26(33)31-36(34,35)24-6-4-3-5-22(24)27;/h3-14,17H,2,15-16H2,1H3,(H2,29,31,33);/q;+1/p-1. The van der Waals surface area contributed by atoms with Gasteiger partial charge in [0, 0.05) is 23.9 Å². The summed E-state index contributed by atoms with van der Waals surface area (Å²) < 4.78 is 43.1. The quantitative estimate of drug-likeness (QED) is 0.343. The number of carbonyl (C=O) groups is 1. The second-order valence-corrected chi connectivity index (χ2v) is 9.90. The summed E-state index contributed by atoms with van der Waals surface area (Å²) in [7, 11) is -4.19. The molecule has 0 spiro atoms. The van der Waals surface area contributed by atoms with Crippen molar-refractivity contribution in [3.63, 3.8) is 0 Å². The maximum Gasteiger partial charge on any atom is 1.00 e. The van der Waals surface area contributed by atoms with Gasteiger partial charge < -0.3 is 14.6 Å². The van der Waals surface area contributed by atoms with Crippen molar-refractivity contribution in [3.05, 3.63) is 106 Å². The van der Waals surface area contributed by atoms with Crippen LogP contribution in [0.1, 0.15) is 18.3 Å².